The van der Waals surface area contributed by atoms with Gasteiger partial charge in [0.2, 0.25) is 0 Å². The molecular formula is C14H11Br2ClN2O. The number of carbonyl (C=O) groups excluding carboxylic acids is 1. The Bertz CT molecular complexity index is 662. The Morgan fingerprint density at radius 2 is 1.85 bits per heavy atom. The van der Waals surface area contributed by atoms with Crippen LogP contribution in [-0.2, 0) is 0 Å². The summed E-state index contributed by atoms with van der Waals surface area (Å²) in [4.78, 5) is 11.9. The van der Waals surface area contributed by atoms with Crippen molar-refractivity contribution in [1.82, 2.24) is 0 Å². The van der Waals surface area contributed by atoms with Crippen LogP contribution in [0.1, 0.15) is 5.56 Å². The van der Waals surface area contributed by atoms with E-state index in [1.54, 1.807) is 12.1 Å². The third kappa shape index (κ3) is 3.98. The number of benzene rings is 2. The molecule has 0 bridgehead atoms. The summed E-state index contributed by atoms with van der Waals surface area (Å²) < 4.78 is 1.69. The van der Waals surface area contributed by atoms with E-state index in [0.29, 0.717) is 16.4 Å². The highest BCUT2D eigenvalue weighted by Gasteiger charge is 2.07. The first-order valence-electron chi connectivity index (χ1n) is 5.75. The molecule has 0 radical (unpaired) electrons. The Morgan fingerprint density at radius 3 is 2.55 bits per heavy atom. The van der Waals surface area contributed by atoms with Gasteiger partial charge in [-0.2, -0.15) is 0 Å². The van der Waals surface area contributed by atoms with Gasteiger partial charge in [0.15, 0.2) is 0 Å². The molecule has 0 aliphatic carbocycles. The predicted octanol–water partition coefficient (Wildman–Crippen LogP) is 5.82. The average Bonchev–Trinajstić information content (AvgIpc) is 2.38. The molecular weight excluding hydrogens is 407 g/mol. The molecule has 0 aliphatic heterocycles. The fourth-order valence-electron chi connectivity index (χ4n) is 1.55. The Kier molecular flexibility index (Phi) is 5.07. The molecule has 2 aromatic rings. The first-order chi connectivity index (χ1) is 9.45. The molecule has 2 rings (SSSR count). The van der Waals surface area contributed by atoms with Crippen molar-refractivity contribution in [2.45, 2.75) is 6.92 Å². The molecule has 0 aliphatic rings. The minimum Gasteiger partial charge on any atom is -0.308 e. The molecule has 3 nitrogen and oxygen atoms in total. The Morgan fingerprint density at radius 1 is 1.10 bits per heavy atom. The van der Waals surface area contributed by atoms with Crippen LogP contribution in [-0.4, -0.2) is 6.03 Å². The minimum absolute atomic E-state index is 0.330. The van der Waals surface area contributed by atoms with Crippen LogP contribution in [0.25, 0.3) is 0 Å². The zero-order valence-electron chi connectivity index (χ0n) is 10.5. The highest BCUT2D eigenvalue weighted by molar-refractivity contribution is 9.11. The van der Waals surface area contributed by atoms with Crippen LogP contribution in [0.4, 0.5) is 16.2 Å². The molecule has 104 valence electrons. The SMILES string of the molecule is Cc1ccc(NC(=O)Nc2cc(Br)ccc2Br)cc1Cl. The van der Waals surface area contributed by atoms with E-state index >= 15 is 0 Å². The average molecular weight is 419 g/mol. The summed E-state index contributed by atoms with van der Waals surface area (Å²) in [6.07, 6.45) is 0. The van der Waals surface area contributed by atoms with Crippen molar-refractivity contribution >= 4 is 60.9 Å². The number of halogens is 3. The maximum absolute atomic E-state index is 11.9. The molecule has 0 saturated carbocycles. The lowest BCUT2D eigenvalue weighted by molar-refractivity contribution is 0.262. The molecule has 0 fully saturated rings. The number of amides is 2. The molecule has 2 amide bonds. The monoisotopic (exact) mass is 416 g/mol. The van der Waals surface area contributed by atoms with E-state index in [4.69, 9.17) is 11.6 Å². The van der Waals surface area contributed by atoms with Gasteiger partial charge >= 0.3 is 6.03 Å². The van der Waals surface area contributed by atoms with E-state index in [1.807, 2.05) is 31.2 Å². The Balaban J connectivity index is 2.09. The summed E-state index contributed by atoms with van der Waals surface area (Å²) in [5.41, 5.74) is 2.28. The second-order valence-electron chi connectivity index (χ2n) is 4.17. The zero-order chi connectivity index (χ0) is 14.7. The number of aryl methyl sites for hydroxylation is 1. The maximum Gasteiger partial charge on any atom is 0.323 e. The molecule has 0 atom stereocenters. The van der Waals surface area contributed by atoms with Crippen molar-refractivity contribution in [3.05, 3.63) is 55.9 Å². The number of nitrogens with one attached hydrogen (secondary N) is 2. The van der Waals surface area contributed by atoms with E-state index in [0.717, 1.165) is 14.5 Å². The smallest absolute Gasteiger partial charge is 0.308 e. The van der Waals surface area contributed by atoms with Crippen LogP contribution >= 0.6 is 43.5 Å². The third-order valence-corrected chi connectivity index (χ3v) is 4.20. The third-order valence-electron chi connectivity index (χ3n) is 2.61. The van der Waals surface area contributed by atoms with Gasteiger partial charge in [0.05, 0.1) is 5.69 Å². The quantitative estimate of drug-likeness (QED) is 0.634. The Hall–Kier alpha value is -1.04. The summed E-state index contributed by atoms with van der Waals surface area (Å²) in [7, 11) is 0. The van der Waals surface area contributed by atoms with Crippen LogP contribution in [0.3, 0.4) is 0 Å². The lowest BCUT2D eigenvalue weighted by Gasteiger charge is -2.10. The minimum atomic E-state index is -0.330. The summed E-state index contributed by atoms with van der Waals surface area (Å²) in [5.74, 6) is 0. The number of hydrogen-bond acceptors (Lipinski definition) is 1. The molecule has 0 heterocycles. The van der Waals surface area contributed by atoms with Crippen LogP contribution in [0, 0.1) is 6.92 Å². The van der Waals surface area contributed by atoms with E-state index in [-0.39, 0.29) is 6.03 Å². The van der Waals surface area contributed by atoms with Crippen LogP contribution in [0.2, 0.25) is 5.02 Å². The summed E-state index contributed by atoms with van der Waals surface area (Å²) in [6.45, 7) is 1.91. The van der Waals surface area contributed by atoms with Gasteiger partial charge in [-0.25, -0.2) is 4.79 Å². The summed E-state index contributed by atoms with van der Waals surface area (Å²) in [6, 6.07) is 10.6. The largest absolute Gasteiger partial charge is 0.323 e. The molecule has 2 N–H and O–H groups in total. The van der Waals surface area contributed by atoms with Gasteiger partial charge in [-0.1, -0.05) is 33.6 Å². The predicted molar refractivity (Wildman–Crippen MR) is 90.7 cm³/mol. The van der Waals surface area contributed by atoms with Gasteiger partial charge in [0.25, 0.3) is 0 Å². The summed E-state index contributed by atoms with van der Waals surface area (Å²) >= 11 is 12.8. The number of hydrogen-bond donors (Lipinski definition) is 2. The molecule has 6 heteroatoms. The number of rotatable bonds is 2. The molecule has 0 unspecified atom stereocenters. The lowest BCUT2D eigenvalue weighted by atomic mass is 10.2. The van der Waals surface area contributed by atoms with Gasteiger partial charge in [-0.3, -0.25) is 0 Å². The van der Waals surface area contributed by atoms with E-state index in [2.05, 4.69) is 42.5 Å². The number of anilines is 2. The molecule has 0 aromatic heterocycles. The fourth-order valence-corrected chi connectivity index (χ4v) is 2.44. The van der Waals surface area contributed by atoms with Gasteiger partial charge in [-0.05, 0) is 58.7 Å². The van der Waals surface area contributed by atoms with Gasteiger partial charge in [0.1, 0.15) is 0 Å². The molecule has 0 spiro atoms. The topological polar surface area (TPSA) is 41.1 Å². The van der Waals surface area contributed by atoms with Gasteiger partial charge in [-0.15, -0.1) is 0 Å². The van der Waals surface area contributed by atoms with Crippen molar-refractivity contribution in [3.63, 3.8) is 0 Å². The summed E-state index contributed by atoms with van der Waals surface area (Å²) in [5, 5.41) is 6.12. The zero-order valence-corrected chi connectivity index (χ0v) is 14.4. The second kappa shape index (κ2) is 6.61. The highest BCUT2D eigenvalue weighted by atomic mass is 79.9. The van der Waals surface area contributed by atoms with Crippen molar-refractivity contribution in [2.24, 2.45) is 0 Å². The van der Waals surface area contributed by atoms with E-state index in [1.165, 1.54) is 0 Å². The van der Waals surface area contributed by atoms with Gasteiger partial charge in [0, 0.05) is 19.7 Å². The first-order valence-corrected chi connectivity index (χ1v) is 7.71. The standard InChI is InChI=1S/C14H11Br2ClN2O/c1-8-2-4-10(7-12(8)17)18-14(20)19-13-6-9(15)3-5-11(13)16/h2-7H,1H3,(H2,18,19,20). The normalized spacial score (nSPS) is 10.2. The van der Waals surface area contributed by atoms with Crippen molar-refractivity contribution in [3.8, 4) is 0 Å². The van der Waals surface area contributed by atoms with Crippen LogP contribution < -0.4 is 10.6 Å². The van der Waals surface area contributed by atoms with Crippen molar-refractivity contribution in [1.29, 1.82) is 0 Å². The van der Waals surface area contributed by atoms with Crippen molar-refractivity contribution in [2.75, 3.05) is 10.6 Å². The van der Waals surface area contributed by atoms with Crippen LogP contribution in [0.15, 0.2) is 45.3 Å². The molecule has 2 aromatic carbocycles. The number of carbonyl (C=O) groups is 1. The van der Waals surface area contributed by atoms with Gasteiger partial charge < -0.3 is 10.6 Å². The fraction of sp³-hybridized carbons (Fsp3) is 0.0714. The van der Waals surface area contributed by atoms with E-state index in [9.17, 15) is 4.79 Å². The van der Waals surface area contributed by atoms with E-state index < -0.39 is 0 Å². The van der Waals surface area contributed by atoms with Crippen LogP contribution in [0.5, 0.6) is 0 Å². The maximum atomic E-state index is 11.9. The Labute approximate surface area is 139 Å². The highest BCUT2D eigenvalue weighted by Crippen LogP contribution is 2.26. The number of urea groups is 1. The first kappa shape index (κ1) is 15.4. The molecule has 20 heavy (non-hydrogen) atoms. The van der Waals surface area contributed by atoms with Crippen molar-refractivity contribution < 1.29 is 4.79 Å². The lowest BCUT2D eigenvalue weighted by Crippen LogP contribution is -2.19. The second-order valence-corrected chi connectivity index (χ2v) is 6.34. The molecule has 0 saturated heterocycles.